The van der Waals surface area contributed by atoms with E-state index in [0.29, 0.717) is 0 Å². The number of hydrogen-bond acceptors (Lipinski definition) is 3. The number of carbonyl (C=O) groups is 1. The molecular weight excluding hydrogens is 178 g/mol. The van der Waals surface area contributed by atoms with Crippen molar-refractivity contribution < 1.29 is 9.53 Å². The molecule has 0 unspecified atom stereocenters. The van der Waals surface area contributed by atoms with Crippen LogP contribution in [0.15, 0.2) is 0 Å². The highest BCUT2D eigenvalue weighted by Gasteiger charge is 2.51. The van der Waals surface area contributed by atoms with Crippen LogP contribution in [-0.2, 0) is 9.53 Å². The van der Waals surface area contributed by atoms with Gasteiger partial charge in [-0.25, -0.2) is 0 Å². The predicted octanol–water partition coefficient (Wildman–Crippen LogP) is 1.70. The van der Waals surface area contributed by atoms with E-state index in [2.05, 4.69) is 0 Å². The van der Waals surface area contributed by atoms with Gasteiger partial charge in [0, 0.05) is 6.04 Å². The lowest BCUT2D eigenvalue weighted by atomic mass is 9.59. The van der Waals surface area contributed by atoms with E-state index in [1.165, 1.54) is 0 Å². The lowest BCUT2D eigenvalue weighted by molar-refractivity contribution is -0.172. The molecule has 3 heteroatoms. The van der Waals surface area contributed by atoms with Crippen molar-refractivity contribution in [2.24, 2.45) is 17.1 Å². The maximum absolute atomic E-state index is 11.7. The monoisotopic (exact) mass is 199 g/mol. The van der Waals surface area contributed by atoms with Crippen molar-refractivity contribution in [2.45, 2.75) is 52.7 Å². The molecule has 14 heavy (non-hydrogen) atoms. The van der Waals surface area contributed by atoms with Crippen LogP contribution in [-0.4, -0.2) is 17.6 Å². The van der Waals surface area contributed by atoms with E-state index in [0.717, 1.165) is 6.42 Å². The Morgan fingerprint density at radius 2 is 1.93 bits per heavy atom. The van der Waals surface area contributed by atoms with E-state index < -0.39 is 5.60 Å². The number of rotatable bonds is 1. The van der Waals surface area contributed by atoms with Gasteiger partial charge in [-0.1, -0.05) is 13.8 Å². The van der Waals surface area contributed by atoms with Crippen molar-refractivity contribution in [2.75, 3.05) is 0 Å². The Bertz CT molecular complexity index is 240. The molecule has 3 nitrogen and oxygen atoms in total. The van der Waals surface area contributed by atoms with Crippen LogP contribution in [0.5, 0.6) is 0 Å². The number of ether oxygens (including phenoxy) is 1. The average Bonchev–Trinajstić information content (AvgIpc) is 1.96. The first-order chi connectivity index (χ1) is 6.14. The molecule has 0 spiro atoms. The van der Waals surface area contributed by atoms with E-state index >= 15 is 0 Å². The third-order valence-corrected chi connectivity index (χ3v) is 3.03. The molecule has 0 aromatic rings. The second-order valence-electron chi connectivity index (χ2n) is 5.75. The lowest BCUT2D eigenvalue weighted by Gasteiger charge is -2.49. The molecule has 0 aromatic heterocycles. The summed E-state index contributed by atoms with van der Waals surface area (Å²) >= 11 is 0. The molecule has 1 fully saturated rings. The topological polar surface area (TPSA) is 52.3 Å². The fraction of sp³-hybridized carbons (Fsp3) is 0.909. The summed E-state index contributed by atoms with van der Waals surface area (Å²) in [6.45, 7) is 9.70. The van der Waals surface area contributed by atoms with Crippen molar-refractivity contribution in [1.82, 2.24) is 0 Å². The molecule has 82 valence electrons. The van der Waals surface area contributed by atoms with E-state index in [-0.39, 0.29) is 23.3 Å². The molecule has 1 saturated carbocycles. The van der Waals surface area contributed by atoms with Gasteiger partial charge in [0.2, 0.25) is 0 Å². The number of esters is 1. The Kier molecular flexibility index (Phi) is 2.65. The van der Waals surface area contributed by atoms with E-state index in [4.69, 9.17) is 10.5 Å². The normalized spacial score (nSPS) is 30.7. The van der Waals surface area contributed by atoms with Crippen LogP contribution in [0.25, 0.3) is 0 Å². The summed E-state index contributed by atoms with van der Waals surface area (Å²) < 4.78 is 5.33. The largest absolute Gasteiger partial charge is 0.460 e. The molecule has 0 bridgehead atoms. The molecule has 0 radical (unpaired) electrons. The Morgan fingerprint density at radius 1 is 1.43 bits per heavy atom. The van der Waals surface area contributed by atoms with Gasteiger partial charge in [0.05, 0.1) is 5.92 Å². The second-order valence-corrected chi connectivity index (χ2v) is 5.75. The summed E-state index contributed by atoms with van der Waals surface area (Å²) in [5, 5.41) is 0. The first-order valence-electron chi connectivity index (χ1n) is 5.13. The molecule has 0 amide bonds. The SMILES string of the molecule is CC(C)(C)OC(=O)[C@H]1C[C@@H](N)C1(C)C. The first-order valence-corrected chi connectivity index (χ1v) is 5.13. The van der Waals surface area contributed by atoms with Gasteiger partial charge in [0.1, 0.15) is 5.60 Å². The Balaban J connectivity index is 2.57. The summed E-state index contributed by atoms with van der Waals surface area (Å²) in [7, 11) is 0. The third-order valence-electron chi connectivity index (χ3n) is 3.03. The van der Waals surface area contributed by atoms with Gasteiger partial charge in [0.25, 0.3) is 0 Å². The van der Waals surface area contributed by atoms with Crippen LogP contribution in [0.3, 0.4) is 0 Å². The summed E-state index contributed by atoms with van der Waals surface area (Å²) in [4.78, 5) is 11.7. The zero-order chi connectivity index (χ0) is 11.1. The number of nitrogens with two attached hydrogens (primary N) is 1. The third kappa shape index (κ3) is 2.08. The van der Waals surface area contributed by atoms with Gasteiger partial charge in [-0.15, -0.1) is 0 Å². The fourth-order valence-electron chi connectivity index (χ4n) is 1.73. The lowest BCUT2D eigenvalue weighted by Crippen LogP contribution is -2.58. The molecule has 1 rings (SSSR count). The van der Waals surface area contributed by atoms with Gasteiger partial charge >= 0.3 is 5.97 Å². The zero-order valence-electron chi connectivity index (χ0n) is 9.76. The summed E-state index contributed by atoms with van der Waals surface area (Å²) in [6, 6.07) is 0.125. The molecule has 1 aliphatic carbocycles. The van der Waals surface area contributed by atoms with Crippen LogP contribution in [0.1, 0.15) is 41.0 Å². The van der Waals surface area contributed by atoms with Gasteiger partial charge in [-0.2, -0.15) is 0 Å². The standard InChI is InChI=1S/C11H21NO2/c1-10(2,3)14-9(13)7-6-8(12)11(7,4)5/h7-8H,6,12H2,1-5H3/t7-,8-/m1/s1. The van der Waals surface area contributed by atoms with E-state index in [9.17, 15) is 4.79 Å². The quantitative estimate of drug-likeness (QED) is 0.654. The molecule has 0 heterocycles. The van der Waals surface area contributed by atoms with Gasteiger partial charge < -0.3 is 10.5 Å². The molecule has 2 atom stereocenters. The Morgan fingerprint density at radius 3 is 2.21 bits per heavy atom. The van der Waals surface area contributed by atoms with Crippen molar-refractivity contribution in [1.29, 1.82) is 0 Å². The van der Waals surface area contributed by atoms with Crippen molar-refractivity contribution >= 4 is 5.97 Å². The predicted molar refractivity (Wildman–Crippen MR) is 55.7 cm³/mol. The highest BCUT2D eigenvalue weighted by atomic mass is 16.6. The molecule has 1 aliphatic rings. The van der Waals surface area contributed by atoms with Crippen LogP contribution in [0.2, 0.25) is 0 Å². The fourth-order valence-corrected chi connectivity index (χ4v) is 1.73. The highest BCUT2D eigenvalue weighted by molar-refractivity contribution is 5.75. The number of hydrogen-bond donors (Lipinski definition) is 1. The smallest absolute Gasteiger partial charge is 0.310 e. The minimum absolute atomic E-state index is 0.0308. The summed E-state index contributed by atoms with van der Waals surface area (Å²) in [5.74, 6) is -0.138. The van der Waals surface area contributed by atoms with Crippen LogP contribution >= 0.6 is 0 Å². The van der Waals surface area contributed by atoms with E-state index in [1.807, 2.05) is 34.6 Å². The maximum Gasteiger partial charge on any atom is 0.310 e. The van der Waals surface area contributed by atoms with Crippen molar-refractivity contribution in [3.63, 3.8) is 0 Å². The minimum atomic E-state index is -0.396. The van der Waals surface area contributed by atoms with Crippen LogP contribution in [0.4, 0.5) is 0 Å². The summed E-state index contributed by atoms with van der Waals surface area (Å²) in [5.41, 5.74) is 5.34. The Labute approximate surface area is 86.0 Å². The van der Waals surface area contributed by atoms with Gasteiger partial charge in [0.15, 0.2) is 0 Å². The van der Waals surface area contributed by atoms with Crippen molar-refractivity contribution in [3.05, 3.63) is 0 Å². The van der Waals surface area contributed by atoms with Gasteiger partial charge in [-0.05, 0) is 32.6 Å². The molecular formula is C11H21NO2. The molecule has 0 aromatic carbocycles. The van der Waals surface area contributed by atoms with Crippen LogP contribution < -0.4 is 5.73 Å². The highest BCUT2D eigenvalue weighted by Crippen LogP contribution is 2.45. The molecule has 0 saturated heterocycles. The minimum Gasteiger partial charge on any atom is -0.460 e. The Hall–Kier alpha value is -0.570. The first kappa shape index (κ1) is 11.5. The van der Waals surface area contributed by atoms with Gasteiger partial charge in [-0.3, -0.25) is 4.79 Å². The van der Waals surface area contributed by atoms with E-state index in [1.54, 1.807) is 0 Å². The van der Waals surface area contributed by atoms with Crippen molar-refractivity contribution in [3.8, 4) is 0 Å². The average molecular weight is 199 g/mol. The second kappa shape index (κ2) is 3.23. The van der Waals surface area contributed by atoms with Crippen LogP contribution in [0, 0.1) is 11.3 Å². The maximum atomic E-state index is 11.7. The molecule has 0 aliphatic heterocycles. The zero-order valence-corrected chi connectivity index (χ0v) is 9.76. The number of carbonyl (C=O) groups excluding carboxylic acids is 1. The summed E-state index contributed by atoms with van der Waals surface area (Å²) in [6.07, 6.45) is 0.752. The molecule has 2 N–H and O–H groups in total.